The predicted molar refractivity (Wildman–Crippen MR) is 200 cm³/mol. The third-order valence-electron chi connectivity index (χ3n) is 10.4. The summed E-state index contributed by atoms with van der Waals surface area (Å²) in [4.78, 5) is 9.42. The van der Waals surface area contributed by atoms with Gasteiger partial charge in [0.1, 0.15) is 0 Å². The standard InChI is InChI=1S/C44H17F15N4/c45-30-27(31(46)37(52)42(57)36(30)51)24-17-7-6-16(60-17)22-12-13-23(63(22)14-15-4-2-1-3-5-15)26(29-34(49)40(55)44(59)41(56)35(29)50)21-11-10-20(62-21)25(19-9-8-18(24)61-19)28-32(47)38(53)43(58)39(54)33(28)48/h1-13,60,62H,14H2. The van der Waals surface area contributed by atoms with Crippen LogP contribution in [-0.4, -0.2) is 19.5 Å². The van der Waals surface area contributed by atoms with E-state index in [0.717, 1.165) is 36.4 Å². The maximum absolute atomic E-state index is 16.0. The fraction of sp³-hybridized carbons (Fsp3) is 0.0227. The first kappa shape index (κ1) is 40.9. The smallest absolute Gasteiger partial charge is 0.200 e. The number of hydrogen-bond donors (Lipinski definition) is 2. The Hall–Kier alpha value is -7.44. The fourth-order valence-corrected chi connectivity index (χ4v) is 7.55. The summed E-state index contributed by atoms with van der Waals surface area (Å²) >= 11 is 0. The van der Waals surface area contributed by atoms with Gasteiger partial charge in [-0.25, -0.2) is 70.8 Å². The molecule has 0 radical (unpaired) electrons. The van der Waals surface area contributed by atoms with Crippen molar-refractivity contribution < 1.29 is 65.9 Å². The Morgan fingerprint density at radius 1 is 0.333 bits per heavy atom. The van der Waals surface area contributed by atoms with E-state index in [9.17, 15) is 30.7 Å². The Balaban J connectivity index is 1.58. The Labute approximate surface area is 341 Å². The topological polar surface area (TPSA) is 49.4 Å². The van der Waals surface area contributed by atoms with Crippen molar-refractivity contribution >= 4 is 45.3 Å². The lowest BCUT2D eigenvalue weighted by Gasteiger charge is -2.13. The maximum Gasteiger partial charge on any atom is 0.200 e. The van der Waals surface area contributed by atoms with E-state index in [1.165, 1.54) is 16.7 Å². The van der Waals surface area contributed by atoms with Gasteiger partial charge in [0.05, 0.1) is 44.6 Å². The number of aromatic nitrogens is 4. The molecule has 0 fully saturated rings. The number of nitrogens with zero attached hydrogens (tertiary/aromatic N) is 2. The van der Waals surface area contributed by atoms with Gasteiger partial charge >= 0.3 is 0 Å². The van der Waals surface area contributed by atoms with E-state index in [1.807, 2.05) is 0 Å². The summed E-state index contributed by atoms with van der Waals surface area (Å²) in [7, 11) is 0. The van der Waals surface area contributed by atoms with Crippen molar-refractivity contribution in [2.24, 2.45) is 0 Å². The lowest BCUT2D eigenvalue weighted by Crippen LogP contribution is -2.06. The molecule has 4 aromatic carbocycles. The molecule has 19 heteroatoms. The molecule has 4 aromatic heterocycles. The van der Waals surface area contributed by atoms with Gasteiger partial charge < -0.3 is 14.5 Å². The first-order chi connectivity index (χ1) is 30.0. The zero-order valence-electron chi connectivity index (χ0n) is 30.8. The molecule has 318 valence electrons. The van der Waals surface area contributed by atoms with Gasteiger partial charge in [-0.15, -0.1) is 0 Å². The molecule has 1 aliphatic heterocycles. The van der Waals surface area contributed by atoms with Crippen molar-refractivity contribution in [3.8, 4) is 33.4 Å². The van der Waals surface area contributed by atoms with E-state index in [4.69, 9.17) is 0 Å². The molecule has 0 aliphatic carbocycles. The summed E-state index contributed by atoms with van der Waals surface area (Å²) < 4.78 is 229. The Morgan fingerprint density at radius 3 is 1.10 bits per heavy atom. The molecule has 4 nitrogen and oxygen atoms in total. The Kier molecular flexibility index (Phi) is 9.67. The number of benzene rings is 4. The highest BCUT2D eigenvalue weighted by molar-refractivity contribution is 6.00. The quantitative estimate of drug-likeness (QED) is 0.101. The van der Waals surface area contributed by atoms with E-state index in [0.29, 0.717) is 5.56 Å². The highest BCUT2D eigenvalue weighted by Gasteiger charge is 2.33. The van der Waals surface area contributed by atoms with Crippen molar-refractivity contribution in [2.75, 3.05) is 0 Å². The van der Waals surface area contributed by atoms with Crippen LogP contribution in [0.2, 0.25) is 0 Å². The van der Waals surface area contributed by atoms with Crippen LogP contribution in [0.3, 0.4) is 0 Å². The van der Waals surface area contributed by atoms with Gasteiger partial charge in [0.2, 0.25) is 17.5 Å². The second-order valence-corrected chi connectivity index (χ2v) is 13.9. The van der Waals surface area contributed by atoms with Crippen LogP contribution in [0.15, 0.2) is 66.7 Å². The SMILES string of the molecule is Fc1c(F)c(F)c(-c2c3nc(c(-c4c(F)c(F)c(F)c(F)c4F)c4ccc([nH]4)c4ccc(c(-c5c(F)c(F)c(F)c(F)c5F)c5ccc2[nH]5)n4Cc2ccccc2)C=C3)c(F)c1F. The van der Waals surface area contributed by atoms with Gasteiger partial charge in [-0.3, -0.25) is 0 Å². The van der Waals surface area contributed by atoms with E-state index in [2.05, 4.69) is 15.0 Å². The normalized spacial score (nSPS) is 12.0. The lowest BCUT2D eigenvalue weighted by atomic mass is 10.0. The lowest BCUT2D eigenvalue weighted by molar-refractivity contribution is 0.381. The summed E-state index contributed by atoms with van der Waals surface area (Å²) in [5.74, 6) is -36.5. The molecule has 63 heavy (non-hydrogen) atoms. The average Bonchev–Trinajstić information content (AvgIpc) is 4.13. The maximum atomic E-state index is 16.0. The Morgan fingerprint density at radius 2 is 0.667 bits per heavy atom. The van der Waals surface area contributed by atoms with Gasteiger partial charge in [0.15, 0.2) is 69.8 Å². The molecule has 0 atom stereocenters. The highest BCUT2D eigenvalue weighted by atomic mass is 19.2. The van der Waals surface area contributed by atoms with E-state index < -0.39 is 149 Å². The van der Waals surface area contributed by atoms with Gasteiger partial charge in [0, 0.05) is 39.8 Å². The van der Waals surface area contributed by atoms with Crippen LogP contribution in [0, 0.1) is 87.3 Å². The number of halogens is 15. The molecule has 8 bridgehead atoms. The minimum Gasteiger partial charge on any atom is -0.354 e. The molecule has 8 aromatic rings. The molecule has 0 spiro atoms. The number of aromatic amines is 2. The predicted octanol–water partition coefficient (Wildman–Crippen LogP) is 13.3. The molecular weight excluding hydrogens is 869 g/mol. The van der Waals surface area contributed by atoms with Gasteiger partial charge in [-0.05, 0) is 54.1 Å². The van der Waals surface area contributed by atoms with Crippen LogP contribution >= 0.6 is 0 Å². The van der Waals surface area contributed by atoms with Crippen molar-refractivity contribution in [3.63, 3.8) is 0 Å². The summed E-state index contributed by atoms with van der Waals surface area (Å²) in [5, 5.41) is 0. The first-order valence-corrected chi connectivity index (χ1v) is 18.0. The van der Waals surface area contributed by atoms with Crippen molar-refractivity contribution in [2.45, 2.75) is 6.54 Å². The summed E-state index contributed by atoms with van der Waals surface area (Å²) in [6.45, 7) is -0.275. The number of hydrogen-bond acceptors (Lipinski definition) is 1. The minimum absolute atomic E-state index is 0.0182. The first-order valence-electron chi connectivity index (χ1n) is 18.0. The van der Waals surface area contributed by atoms with Crippen molar-refractivity contribution in [1.82, 2.24) is 19.5 Å². The molecule has 2 N–H and O–H groups in total. The molecule has 0 unspecified atom stereocenters. The van der Waals surface area contributed by atoms with Gasteiger partial charge in [0.25, 0.3) is 0 Å². The zero-order chi connectivity index (χ0) is 44.9. The third kappa shape index (κ3) is 6.15. The van der Waals surface area contributed by atoms with Crippen LogP contribution in [0.4, 0.5) is 65.9 Å². The van der Waals surface area contributed by atoms with Gasteiger partial charge in [-0.2, -0.15) is 0 Å². The van der Waals surface area contributed by atoms with Crippen LogP contribution in [-0.2, 0) is 6.54 Å². The van der Waals surface area contributed by atoms with E-state index in [1.54, 1.807) is 30.3 Å². The monoisotopic (exact) mass is 886 g/mol. The second kappa shape index (κ2) is 14.9. The zero-order valence-corrected chi connectivity index (χ0v) is 30.8. The summed E-state index contributed by atoms with van der Waals surface area (Å²) in [6, 6.07) is 14.5. The van der Waals surface area contributed by atoms with Crippen LogP contribution in [0.5, 0.6) is 0 Å². The molecule has 0 saturated heterocycles. The molecule has 5 heterocycles. The largest absolute Gasteiger partial charge is 0.354 e. The summed E-state index contributed by atoms with van der Waals surface area (Å²) in [6.07, 6.45) is 1.67. The summed E-state index contributed by atoms with van der Waals surface area (Å²) in [5.41, 5.74) is -10.7. The average molecular weight is 887 g/mol. The highest BCUT2D eigenvalue weighted by Crippen LogP contribution is 2.43. The number of rotatable bonds is 5. The fourth-order valence-electron chi connectivity index (χ4n) is 7.55. The third-order valence-corrected chi connectivity index (χ3v) is 10.4. The van der Waals surface area contributed by atoms with E-state index >= 15 is 35.1 Å². The molecule has 9 rings (SSSR count). The van der Waals surface area contributed by atoms with Crippen molar-refractivity contribution in [3.05, 3.63) is 171 Å². The number of nitrogens with one attached hydrogen (secondary N) is 2. The Bertz CT molecular complexity index is 3350. The minimum atomic E-state index is -2.60. The van der Waals surface area contributed by atoms with Crippen LogP contribution in [0.25, 0.3) is 78.6 Å². The second-order valence-electron chi connectivity index (χ2n) is 13.9. The molecule has 1 aliphatic rings. The van der Waals surface area contributed by atoms with E-state index in [-0.39, 0.29) is 23.1 Å². The number of H-pyrrole nitrogens is 2. The van der Waals surface area contributed by atoms with Gasteiger partial charge in [-0.1, -0.05) is 30.3 Å². The van der Waals surface area contributed by atoms with Crippen LogP contribution < -0.4 is 0 Å². The molecular formula is C44H17F15N4. The molecule has 0 amide bonds. The van der Waals surface area contributed by atoms with Crippen molar-refractivity contribution in [1.29, 1.82) is 0 Å². The van der Waals surface area contributed by atoms with Crippen LogP contribution in [0.1, 0.15) is 17.0 Å². The molecule has 0 saturated carbocycles. The number of fused-ring (bicyclic) bond motifs is 9.